The van der Waals surface area contributed by atoms with Gasteiger partial charge in [0, 0.05) is 24.0 Å². The molecule has 9 heteroatoms. The highest BCUT2D eigenvalue weighted by molar-refractivity contribution is 7.89. The summed E-state index contributed by atoms with van der Waals surface area (Å²) in [4.78, 5) is 16.3. The van der Waals surface area contributed by atoms with Crippen LogP contribution in [0.25, 0.3) is 22.2 Å². The van der Waals surface area contributed by atoms with Crippen LogP contribution in [0.4, 0.5) is 4.39 Å². The summed E-state index contributed by atoms with van der Waals surface area (Å²) in [5.41, 5.74) is 0.630. The van der Waals surface area contributed by atoms with Crippen LogP contribution in [0.15, 0.2) is 47.4 Å². The Morgan fingerprint density at radius 3 is 2.43 bits per heavy atom. The van der Waals surface area contributed by atoms with E-state index in [2.05, 4.69) is 4.98 Å². The Morgan fingerprint density at radius 2 is 1.83 bits per heavy atom. The topological polar surface area (TPSA) is 96.8 Å². The van der Waals surface area contributed by atoms with Crippen LogP contribution >= 0.6 is 0 Å². The number of rotatable bonds is 7. The smallest absolute Gasteiger partial charge is 0.336 e. The average Bonchev–Trinajstić information content (AvgIpc) is 2.73. The minimum atomic E-state index is -3.77. The molecule has 1 heterocycles. The van der Waals surface area contributed by atoms with Crippen molar-refractivity contribution >= 4 is 26.9 Å². The van der Waals surface area contributed by atoms with Gasteiger partial charge in [0.1, 0.15) is 11.6 Å². The van der Waals surface area contributed by atoms with E-state index in [1.54, 1.807) is 13.8 Å². The number of carboxylic acids is 1. The minimum absolute atomic E-state index is 0.0147. The fraction of sp³-hybridized carbons (Fsp3) is 0.238. The molecule has 30 heavy (non-hydrogen) atoms. The van der Waals surface area contributed by atoms with Crippen LogP contribution in [0.5, 0.6) is 5.75 Å². The van der Waals surface area contributed by atoms with Crippen molar-refractivity contribution in [1.29, 1.82) is 0 Å². The minimum Gasteiger partial charge on any atom is -0.496 e. The monoisotopic (exact) mass is 432 g/mol. The van der Waals surface area contributed by atoms with Crippen LogP contribution in [0, 0.1) is 5.82 Å². The quantitative estimate of drug-likeness (QED) is 0.610. The standard InChI is InChI=1S/C21H21FN2O5S/c1-4-24(5-2)30(27,28)14-7-8-18-15(11-14)16(21(25)26)12-19(23-18)17-10-13(22)6-9-20(17)29-3/h6-12H,4-5H2,1-3H3,(H,25,26). The van der Waals surface area contributed by atoms with Gasteiger partial charge in [0.05, 0.1) is 28.8 Å². The van der Waals surface area contributed by atoms with Gasteiger partial charge < -0.3 is 9.84 Å². The second-order valence-electron chi connectivity index (χ2n) is 6.47. The number of hydrogen-bond acceptors (Lipinski definition) is 5. The Bertz CT molecular complexity index is 1220. The molecule has 158 valence electrons. The molecule has 0 atom stereocenters. The predicted molar refractivity (Wildman–Crippen MR) is 111 cm³/mol. The average molecular weight is 432 g/mol. The molecule has 1 N–H and O–H groups in total. The van der Waals surface area contributed by atoms with E-state index in [1.807, 2.05) is 0 Å². The van der Waals surface area contributed by atoms with Gasteiger partial charge in [-0.2, -0.15) is 4.31 Å². The Kier molecular flexibility index (Phi) is 6.04. The van der Waals surface area contributed by atoms with E-state index in [4.69, 9.17) is 4.74 Å². The van der Waals surface area contributed by atoms with E-state index in [0.717, 1.165) is 0 Å². The third kappa shape index (κ3) is 3.86. The lowest BCUT2D eigenvalue weighted by Crippen LogP contribution is -2.30. The fourth-order valence-corrected chi connectivity index (χ4v) is 4.76. The maximum Gasteiger partial charge on any atom is 0.336 e. The van der Waals surface area contributed by atoms with E-state index in [9.17, 15) is 22.7 Å². The van der Waals surface area contributed by atoms with Gasteiger partial charge in [0.15, 0.2) is 0 Å². The Labute approximate surface area is 173 Å². The zero-order chi connectivity index (χ0) is 22.1. The van der Waals surface area contributed by atoms with E-state index in [1.165, 1.54) is 53.9 Å². The number of aromatic carboxylic acids is 1. The molecule has 3 rings (SSSR count). The molecule has 7 nitrogen and oxygen atoms in total. The summed E-state index contributed by atoms with van der Waals surface area (Å²) in [7, 11) is -2.35. The summed E-state index contributed by atoms with van der Waals surface area (Å²) in [6.07, 6.45) is 0. The number of carbonyl (C=O) groups is 1. The second kappa shape index (κ2) is 8.37. The number of carboxylic acid groups (broad SMARTS) is 1. The van der Waals surface area contributed by atoms with Gasteiger partial charge in [-0.3, -0.25) is 0 Å². The molecule has 3 aromatic rings. The van der Waals surface area contributed by atoms with Crippen molar-refractivity contribution in [1.82, 2.24) is 9.29 Å². The van der Waals surface area contributed by atoms with Crippen LogP contribution in [0.3, 0.4) is 0 Å². The largest absolute Gasteiger partial charge is 0.496 e. The Balaban J connectivity index is 2.27. The van der Waals surface area contributed by atoms with Crippen molar-refractivity contribution in [3.05, 3.63) is 53.8 Å². The summed E-state index contributed by atoms with van der Waals surface area (Å²) >= 11 is 0. The first-order valence-electron chi connectivity index (χ1n) is 9.25. The normalized spacial score (nSPS) is 11.8. The van der Waals surface area contributed by atoms with Crippen molar-refractivity contribution in [2.24, 2.45) is 0 Å². The molecular formula is C21H21FN2O5S. The molecule has 0 aliphatic heterocycles. The highest BCUT2D eigenvalue weighted by Crippen LogP contribution is 2.33. The zero-order valence-electron chi connectivity index (χ0n) is 16.7. The van der Waals surface area contributed by atoms with Crippen LogP contribution in [-0.2, 0) is 10.0 Å². The fourth-order valence-electron chi connectivity index (χ4n) is 3.27. The summed E-state index contributed by atoms with van der Waals surface area (Å²) < 4.78 is 46.0. The molecule has 0 saturated carbocycles. The second-order valence-corrected chi connectivity index (χ2v) is 8.41. The van der Waals surface area contributed by atoms with Crippen LogP contribution < -0.4 is 4.74 Å². The Hall–Kier alpha value is -3.04. The van der Waals surface area contributed by atoms with Gasteiger partial charge in [-0.05, 0) is 42.5 Å². The van der Waals surface area contributed by atoms with E-state index in [-0.39, 0.29) is 27.1 Å². The predicted octanol–water partition coefficient (Wildman–Crippen LogP) is 3.78. The molecule has 0 fully saturated rings. The molecule has 0 aliphatic carbocycles. The number of halogens is 1. The van der Waals surface area contributed by atoms with Gasteiger partial charge in [-0.1, -0.05) is 13.8 Å². The van der Waals surface area contributed by atoms with E-state index < -0.39 is 21.8 Å². The van der Waals surface area contributed by atoms with E-state index in [0.29, 0.717) is 24.4 Å². The van der Waals surface area contributed by atoms with Crippen molar-refractivity contribution in [3.8, 4) is 17.0 Å². The maximum absolute atomic E-state index is 13.8. The molecule has 0 aliphatic rings. The molecule has 0 spiro atoms. The molecule has 0 amide bonds. The molecule has 0 saturated heterocycles. The highest BCUT2D eigenvalue weighted by Gasteiger charge is 2.24. The Morgan fingerprint density at radius 1 is 1.13 bits per heavy atom. The van der Waals surface area contributed by atoms with Crippen molar-refractivity contribution in [3.63, 3.8) is 0 Å². The number of methoxy groups -OCH3 is 1. The molecule has 0 bridgehead atoms. The number of hydrogen-bond donors (Lipinski definition) is 1. The van der Waals surface area contributed by atoms with Gasteiger partial charge >= 0.3 is 5.97 Å². The maximum atomic E-state index is 13.8. The number of aromatic nitrogens is 1. The number of sulfonamides is 1. The SMILES string of the molecule is CCN(CC)S(=O)(=O)c1ccc2nc(-c3cc(F)ccc3OC)cc(C(=O)O)c2c1. The summed E-state index contributed by atoms with van der Waals surface area (Å²) in [5, 5.41) is 9.91. The van der Waals surface area contributed by atoms with Crippen molar-refractivity contribution < 1.29 is 27.4 Å². The van der Waals surface area contributed by atoms with Gasteiger partial charge in [0.2, 0.25) is 10.0 Å². The first-order chi connectivity index (χ1) is 14.2. The first-order valence-corrected chi connectivity index (χ1v) is 10.7. The molecule has 0 unspecified atom stereocenters. The first kappa shape index (κ1) is 21.7. The molecular weight excluding hydrogens is 411 g/mol. The number of fused-ring (bicyclic) bond motifs is 1. The number of nitrogens with zero attached hydrogens (tertiary/aromatic N) is 2. The van der Waals surface area contributed by atoms with E-state index >= 15 is 0 Å². The van der Waals surface area contributed by atoms with Gasteiger partial charge in [0.25, 0.3) is 0 Å². The van der Waals surface area contributed by atoms with Gasteiger partial charge in [-0.25, -0.2) is 22.6 Å². The lowest BCUT2D eigenvalue weighted by atomic mass is 10.0. The van der Waals surface area contributed by atoms with Crippen molar-refractivity contribution in [2.75, 3.05) is 20.2 Å². The molecule has 1 aromatic heterocycles. The van der Waals surface area contributed by atoms with Gasteiger partial charge in [-0.15, -0.1) is 0 Å². The summed E-state index contributed by atoms with van der Waals surface area (Å²) in [5.74, 6) is -1.44. The third-order valence-electron chi connectivity index (χ3n) is 4.79. The zero-order valence-corrected chi connectivity index (χ0v) is 17.5. The third-order valence-corrected chi connectivity index (χ3v) is 6.84. The molecule has 0 radical (unpaired) electrons. The summed E-state index contributed by atoms with van der Waals surface area (Å²) in [6.45, 7) is 4.04. The summed E-state index contributed by atoms with van der Waals surface area (Å²) in [6, 6.07) is 9.30. The lowest BCUT2D eigenvalue weighted by Gasteiger charge is -2.19. The van der Waals surface area contributed by atoms with Crippen molar-refractivity contribution in [2.45, 2.75) is 18.7 Å². The number of benzene rings is 2. The molecule has 2 aromatic carbocycles. The van der Waals surface area contributed by atoms with Crippen LogP contribution in [0.2, 0.25) is 0 Å². The van der Waals surface area contributed by atoms with Crippen LogP contribution in [-0.4, -0.2) is 49.0 Å². The lowest BCUT2D eigenvalue weighted by molar-refractivity contribution is 0.0699. The van der Waals surface area contributed by atoms with Crippen LogP contribution in [0.1, 0.15) is 24.2 Å². The number of ether oxygens (including phenoxy) is 1. The highest BCUT2D eigenvalue weighted by atomic mass is 32.2. The number of pyridine rings is 1.